The quantitative estimate of drug-likeness (QED) is 0.679. The molecule has 0 aromatic carbocycles. The van der Waals surface area contributed by atoms with E-state index in [1.165, 1.54) is 38.5 Å². The maximum Gasteiger partial charge on any atom is 0.148 e. The Kier molecular flexibility index (Phi) is 4.15. The highest BCUT2D eigenvalue weighted by atomic mass is 16.1. The van der Waals surface area contributed by atoms with Crippen LogP contribution in [0.1, 0.15) is 65.7 Å². The van der Waals surface area contributed by atoms with Crippen LogP contribution in [0.2, 0.25) is 0 Å². The van der Waals surface area contributed by atoms with Crippen molar-refractivity contribution >= 4 is 5.78 Å². The van der Waals surface area contributed by atoms with Crippen molar-refractivity contribution in [1.29, 1.82) is 0 Å². The molecule has 2 aliphatic carbocycles. The molecular weight excluding hydrogens is 220 g/mol. The van der Waals surface area contributed by atoms with Gasteiger partial charge in [0, 0.05) is 11.3 Å². The van der Waals surface area contributed by atoms with Gasteiger partial charge in [0.25, 0.3) is 0 Å². The van der Waals surface area contributed by atoms with Gasteiger partial charge in [-0.25, -0.2) is 0 Å². The molecule has 1 heteroatoms. The smallest absolute Gasteiger partial charge is 0.148 e. The zero-order valence-electron chi connectivity index (χ0n) is 12.1. The van der Waals surface area contributed by atoms with Gasteiger partial charge in [-0.15, -0.1) is 0 Å². The first-order chi connectivity index (χ1) is 8.47. The van der Waals surface area contributed by atoms with Crippen molar-refractivity contribution in [1.82, 2.24) is 0 Å². The van der Waals surface area contributed by atoms with Gasteiger partial charge in [0.05, 0.1) is 6.42 Å². The molecule has 0 amide bonds. The summed E-state index contributed by atoms with van der Waals surface area (Å²) in [5, 5.41) is 0. The van der Waals surface area contributed by atoms with Crippen LogP contribution < -0.4 is 0 Å². The minimum Gasteiger partial charge on any atom is -0.298 e. The summed E-state index contributed by atoms with van der Waals surface area (Å²) in [7, 11) is 0. The molecule has 2 fully saturated rings. The van der Waals surface area contributed by atoms with E-state index >= 15 is 0 Å². The van der Waals surface area contributed by atoms with Crippen molar-refractivity contribution in [3.05, 3.63) is 0 Å². The second-order valence-corrected chi connectivity index (χ2v) is 7.10. The molecule has 0 atom stereocenters. The molecule has 0 aromatic heterocycles. The molecule has 2 saturated carbocycles. The van der Waals surface area contributed by atoms with Gasteiger partial charge in [0.2, 0.25) is 0 Å². The summed E-state index contributed by atoms with van der Waals surface area (Å²) in [5.74, 6) is 8.47. The van der Waals surface area contributed by atoms with Gasteiger partial charge in [-0.1, -0.05) is 24.7 Å². The predicted molar refractivity (Wildman–Crippen MR) is 75.0 cm³/mol. The van der Waals surface area contributed by atoms with Crippen LogP contribution in [0, 0.1) is 35.0 Å². The zero-order chi connectivity index (χ0) is 13.2. The average Bonchev–Trinajstić information content (AvgIpc) is 2.08. The van der Waals surface area contributed by atoms with Crippen molar-refractivity contribution in [2.75, 3.05) is 0 Å². The third kappa shape index (κ3) is 3.37. The van der Waals surface area contributed by atoms with E-state index < -0.39 is 0 Å². The lowest BCUT2D eigenvalue weighted by Gasteiger charge is -2.41. The highest BCUT2D eigenvalue weighted by Crippen LogP contribution is 2.45. The number of carbonyl (C=O) groups excluding carboxylic acids is 1. The molecule has 0 aromatic rings. The first-order valence-electron chi connectivity index (χ1n) is 7.50. The molecule has 0 radical (unpaired) electrons. The summed E-state index contributed by atoms with van der Waals surface area (Å²) >= 11 is 0. The number of ketones is 1. The summed E-state index contributed by atoms with van der Waals surface area (Å²) in [6.45, 7) is 6.29. The third-order valence-corrected chi connectivity index (χ3v) is 4.41. The van der Waals surface area contributed by atoms with E-state index in [2.05, 4.69) is 32.6 Å². The van der Waals surface area contributed by atoms with E-state index in [9.17, 15) is 4.79 Å². The first kappa shape index (κ1) is 13.7. The molecule has 0 heterocycles. The Morgan fingerprint density at radius 1 is 1.11 bits per heavy atom. The largest absolute Gasteiger partial charge is 0.298 e. The van der Waals surface area contributed by atoms with Crippen LogP contribution in [0.5, 0.6) is 0 Å². The van der Waals surface area contributed by atoms with E-state index in [-0.39, 0.29) is 5.41 Å². The van der Waals surface area contributed by atoms with Crippen molar-refractivity contribution < 1.29 is 4.79 Å². The lowest BCUT2D eigenvalue weighted by Crippen LogP contribution is -2.37. The van der Waals surface area contributed by atoms with Crippen molar-refractivity contribution in [3.8, 4) is 11.8 Å². The molecule has 0 aliphatic heterocycles. The monoisotopic (exact) mass is 246 g/mol. The predicted octanol–water partition coefficient (Wildman–Crippen LogP) is 4.21. The van der Waals surface area contributed by atoms with Gasteiger partial charge in [-0.2, -0.15) is 0 Å². The summed E-state index contributed by atoms with van der Waals surface area (Å²) in [6.07, 6.45) is 8.25. The standard InChI is InChI=1S/C17H26O/c1-17(2,3)12-6-11-15(18)16(13-7-4-8-13)14-9-5-10-14/h13-14,16H,4-5,7-11H2,1-3H3. The minimum absolute atomic E-state index is 0.0166. The fourth-order valence-electron chi connectivity index (χ4n) is 3.02. The minimum atomic E-state index is 0.0166. The average molecular weight is 246 g/mol. The Bertz CT molecular complexity index is 341. The fraction of sp³-hybridized carbons (Fsp3) is 0.824. The molecule has 18 heavy (non-hydrogen) atoms. The maximum absolute atomic E-state index is 12.4. The summed E-state index contributed by atoms with van der Waals surface area (Å²) < 4.78 is 0. The Morgan fingerprint density at radius 2 is 1.61 bits per heavy atom. The normalized spacial score (nSPS) is 20.9. The molecule has 100 valence electrons. The molecule has 0 saturated heterocycles. The lowest BCUT2D eigenvalue weighted by atomic mass is 9.63. The van der Waals surface area contributed by atoms with E-state index in [1.54, 1.807) is 0 Å². The van der Waals surface area contributed by atoms with E-state index in [0.29, 0.717) is 30.0 Å². The SMILES string of the molecule is CC(C)(C)C#CCC(=O)C(C1CCC1)C1CCC1. The van der Waals surface area contributed by atoms with Crippen molar-refractivity contribution in [2.45, 2.75) is 65.7 Å². The van der Waals surface area contributed by atoms with E-state index in [1.807, 2.05) is 0 Å². The van der Waals surface area contributed by atoms with Gasteiger partial charge in [-0.3, -0.25) is 4.79 Å². The lowest BCUT2D eigenvalue weighted by molar-refractivity contribution is -0.128. The van der Waals surface area contributed by atoms with Crippen LogP contribution in [-0.2, 0) is 4.79 Å². The molecule has 1 nitrogen and oxygen atoms in total. The summed E-state index contributed by atoms with van der Waals surface area (Å²) in [5.41, 5.74) is 0.0166. The Balaban J connectivity index is 1.92. The fourth-order valence-corrected chi connectivity index (χ4v) is 3.02. The Labute approximate surface area is 112 Å². The Morgan fingerprint density at radius 3 is 1.94 bits per heavy atom. The molecule has 2 rings (SSSR count). The maximum atomic E-state index is 12.4. The molecule has 2 aliphatic rings. The summed E-state index contributed by atoms with van der Waals surface area (Å²) in [6, 6.07) is 0. The highest BCUT2D eigenvalue weighted by Gasteiger charge is 2.39. The number of Topliss-reactive ketones (excluding diaryl/α,β-unsaturated/α-hetero) is 1. The van der Waals surface area contributed by atoms with Gasteiger partial charge >= 0.3 is 0 Å². The van der Waals surface area contributed by atoms with Gasteiger partial charge < -0.3 is 0 Å². The molecular formula is C17H26O. The molecule has 0 unspecified atom stereocenters. The second kappa shape index (κ2) is 5.47. The van der Waals surface area contributed by atoms with Crippen LogP contribution in [-0.4, -0.2) is 5.78 Å². The van der Waals surface area contributed by atoms with Gasteiger partial charge in [0.15, 0.2) is 0 Å². The number of hydrogen-bond acceptors (Lipinski definition) is 1. The topological polar surface area (TPSA) is 17.1 Å². The van der Waals surface area contributed by atoms with Gasteiger partial charge in [-0.05, 0) is 58.3 Å². The summed E-state index contributed by atoms with van der Waals surface area (Å²) in [4.78, 5) is 12.4. The van der Waals surface area contributed by atoms with Crippen molar-refractivity contribution in [2.24, 2.45) is 23.2 Å². The first-order valence-corrected chi connectivity index (χ1v) is 7.50. The van der Waals surface area contributed by atoms with Crippen LogP contribution in [0.25, 0.3) is 0 Å². The van der Waals surface area contributed by atoms with E-state index in [0.717, 1.165) is 0 Å². The van der Waals surface area contributed by atoms with Crippen LogP contribution in [0.4, 0.5) is 0 Å². The zero-order valence-corrected chi connectivity index (χ0v) is 12.1. The van der Waals surface area contributed by atoms with Crippen molar-refractivity contribution in [3.63, 3.8) is 0 Å². The van der Waals surface area contributed by atoms with E-state index in [4.69, 9.17) is 0 Å². The molecule has 0 spiro atoms. The molecule has 0 bridgehead atoms. The highest BCUT2D eigenvalue weighted by molar-refractivity contribution is 5.84. The Hall–Kier alpha value is -0.770. The van der Waals surface area contributed by atoms with Crippen LogP contribution in [0.3, 0.4) is 0 Å². The second-order valence-electron chi connectivity index (χ2n) is 7.10. The number of carbonyl (C=O) groups is 1. The number of rotatable bonds is 4. The number of hydrogen-bond donors (Lipinski definition) is 0. The van der Waals surface area contributed by atoms with Crippen LogP contribution >= 0.6 is 0 Å². The van der Waals surface area contributed by atoms with Crippen LogP contribution in [0.15, 0.2) is 0 Å². The van der Waals surface area contributed by atoms with Gasteiger partial charge in [0.1, 0.15) is 5.78 Å². The third-order valence-electron chi connectivity index (χ3n) is 4.41. The molecule has 0 N–H and O–H groups in total.